The van der Waals surface area contributed by atoms with E-state index in [-0.39, 0.29) is 0 Å². The molecule has 3 rings (SSSR count). The summed E-state index contributed by atoms with van der Waals surface area (Å²) < 4.78 is 5.33. The van der Waals surface area contributed by atoms with E-state index in [1.54, 1.807) is 13.2 Å². The molecule has 5 heteroatoms. The van der Waals surface area contributed by atoms with Crippen LogP contribution >= 0.6 is 23.2 Å². The smallest absolute Gasteiger partial charge is 0.142 e. The number of rotatable bonds is 2. The van der Waals surface area contributed by atoms with Crippen LogP contribution in [0.25, 0.3) is 22.4 Å². The Morgan fingerprint density at radius 2 is 1.79 bits per heavy atom. The van der Waals surface area contributed by atoms with Gasteiger partial charge >= 0.3 is 0 Å². The lowest BCUT2D eigenvalue weighted by atomic mass is 10.2. The number of hydrogen-bond donors (Lipinski definition) is 1. The van der Waals surface area contributed by atoms with Crippen molar-refractivity contribution in [2.45, 2.75) is 0 Å². The first-order valence-corrected chi connectivity index (χ1v) is 6.42. The second kappa shape index (κ2) is 4.76. The highest BCUT2D eigenvalue weighted by atomic mass is 35.5. The minimum Gasteiger partial charge on any atom is -0.496 e. The number of imidazole rings is 1. The van der Waals surface area contributed by atoms with Gasteiger partial charge in [0, 0.05) is 10.0 Å². The molecule has 3 nitrogen and oxygen atoms in total. The highest BCUT2D eigenvalue weighted by Crippen LogP contribution is 2.32. The predicted molar refractivity (Wildman–Crippen MR) is 78.1 cm³/mol. The molecule has 1 aromatic heterocycles. The first kappa shape index (κ1) is 12.3. The third kappa shape index (κ3) is 2.27. The zero-order valence-electron chi connectivity index (χ0n) is 10.1. The van der Waals surface area contributed by atoms with Gasteiger partial charge in [-0.1, -0.05) is 23.2 Å². The van der Waals surface area contributed by atoms with Crippen LogP contribution in [0.15, 0.2) is 36.4 Å². The van der Waals surface area contributed by atoms with E-state index in [9.17, 15) is 0 Å². The average Bonchev–Trinajstić information content (AvgIpc) is 2.81. The molecular weight excluding hydrogens is 283 g/mol. The molecule has 0 spiro atoms. The lowest BCUT2D eigenvalue weighted by Gasteiger charge is -2.05. The van der Waals surface area contributed by atoms with Crippen LogP contribution in [0.1, 0.15) is 0 Å². The van der Waals surface area contributed by atoms with E-state index < -0.39 is 0 Å². The summed E-state index contributed by atoms with van der Waals surface area (Å²) in [4.78, 5) is 7.74. The van der Waals surface area contributed by atoms with Crippen molar-refractivity contribution >= 4 is 34.2 Å². The van der Waals surface area contributed by atoms with E-state index in [4.69, 9.17) is 27.9 Å². The highest BCUT2D eigenvalue weighted by Gasteiger charge is 2.11. The second-order valence-corrected chi connectivity index (χ2v) is 4.96. The van der Waals surface area contributed by atoms with Crippen molar-refractivity contribution in [3.63, 3.8) is 0 Å². The molecule has 0 aliphatic carbocycles. The van der Waals surface area contributed by atoms with Gasteiger partial charge < -0.3 is 9.72 Å². The summed E-state index contributed by atoms with van der Waals surface area (Å²) in [7, 11) is 1.62. The molecule has 0 fully saturated rings. The average molecular weight is 293 g/mol. The molecule has 2 aromatic carbocycles. The zero-order chi connectivity index (χ0) is 13.4. The molecule has 0 saturated carbocycles. The van der Waals surface area contributed by atoms with Gasteiger partial charge in [0.05, 0.1) is 23.7 Å². The van der Waals surface area contributed by atoms with Crippen molar-refractivity contribution in [2.75, 3.05) is 7.11 Å². The molecule has 0 amide bonds. The molecule has 1 N–H and O–H groups in total. The van der Waals surface area contributed by atoms with Crippen LogP contribution in [0.5, 0.6) is 5.75 Å². The summed E-state index contributed by atoms with van der Waals surface area (Å²) >= 11 is 12.0. The van der Waals surface area contributed by atoms with Gasteiger partial charge in [-0.15, -0.1) is 0 Å². The quantitative estimate of drug-likeness (QED) is 0.753. The number of halogens is 2. The zero-order valence-corrected chi connectivity index (χ0v) is 11.6. The van der Waals surface area contributed by atoms with Crippen LogP contribution in [-0.4, -0.2) is 17.1 Å². The number of H-pyrrole nitrogens is 1. The van der Waals surface area contributed by atoms with Crippen molar-refractivity contribution in [3.8, 4) is 17.1 Å². The Bertz CT molecular complexity index is 752. The van der Waals surface area contributed by atoms with Crippen molar-refractivity contribution in [3.05, 3.63) is 46.4 Å². The second-order valence-electron chi connectivity index (χ2n) is 4.09. The van der Waals surface area contributed by atoms with Crippen molar-refractivity contribution in [1.29, 1.82) is 0 Å². The van der Waals surface area contributed by atoms with Crippen LogP contribution in [0, 0.1) is 0 Å². The van der Waals surface area contributed by atoms with E-state index in [2.05, 4.69) is 9.97 Å². The van der Waals surface area contributed by atoms with Gasteiger partial charge in [-0.25, -0.2) is 4.98 Å². The fraction of sp³-hybridized carbons (Fsp3) is 0.0714. The lowest BCUT2D eigenvalue weighted by Crippen LogP contribution is -1.89. The molecule has 19 heavy (non-hydrogen) atoms. The van der Waals surface area contributed by atoms with Crippen LogP contribution in [0.4, 0.5) is 0 Å². The van der Waals surface area contributed by atoms with Gasteiger partial charge in [0.15, 0.2) is 0 Å². The van der Waals surface area contributed by atoms with E-state index in [1.165, 1.54) is 0 Å². The van der Waals surface area contributed by atoms with Gasteiger partial charge in [-0.05, 0) is 36.4 Å². The third-order valence-corrected chi connectivity index (χ3v) is 3.33. The Morgan fingerprint density at radius 3 is 2.58 bits per heavy atom. The molecule has 0 unspecified atom stereocenters. The molecule has 1 heterocycles. The summed E-state index contributed by atoms with van der Waals surface area (Å²) in [5, 5.41) is 1.30. The number of aromatic nitrogens is 2. The summed E-state index contributed by atoms with van der Waals surface area (Å²) in [5.74, 6) is 1.42. The van der Waals surface area contributed by atoms with E-state index in [0.29, 0.717) is 15.9 Å². The van der Waals surface area contributed by atoms with Crippen LogP contribution in [-0.2, 0) is 0 Å². The van der Waals surface area contributed by atoms with Crippen molar-refractivity contribution in [1.82, 2.24) is 9.97 Å². The number of ether oxygens (including phenoxy) is 1. The third-order valence-electron chi connectivity index (χ3n) is 2.86. The van der Waals surface area contributed by atoms with E-state index in [1.807, 2.05) is 30.3 Å². The van der Waals surface area contributed by atoms with E-state index in [0.717, 1.165) is 22.3 Å². The summed E-state index contributed by atoms with van der Waals surface area (Å²) in [6.45, 7) is 0. The van der Waals surface area contributed by atoms with Gasteiger partial charge in [-0.3, -0.25) is 0 Å². The monoisotopic (exact) mass is 292 g/mol. The maximum Gasteiger partial charge on any atom is 0.142 e. The minimum absolute atomic E-state index is 0.634. The van der Waals surface area contributed by atoms with Crippen LogP contribution in [0.3, 0.4) is 0 Å². The molecule has 0 aliphatic heterocycles. The summed E-state index contributed by atoms with van der Waals surface area (Å²) in [6, 6.07) is 10.9. The van der Waals surface area contributed by atoms with Crippen molar-refractivity contribution in [2.24, 2.45) is 0 Å². The topological polar surface area (TPSA) is 37.9 Å². The van der Waals surface area contributed by atoms with E-state index >= 15 is 0 Å². The van der Waals surface area contributed by atoms with Gasteiger partial charge in [0.1, 0.15) is 11.6 Å². The molecule has 3 aromatic rings. The molecule has 0 saturated heterocycles. The summed E-state index contributed by atoms with van der Waals surface area (Å²) in [6.07, 6.45) is 0. The molecule has 0 atom stereocenters. The van der Waals surface area contributed by atoms with Gasteiger partial charge in [-0.2, -0.15) is 0 Å². The summed E-state index contributed by atoms with van der Waals surface area (Å²) in [5.41, 5.74) is 2.55. The van der Waals surface area contributed by atoms with Gasteiger partial charge in [0.2, 0.25) is 0 Å². The highest BCUT2D eigenvalue weighted by molar-refractivity contribution is 6.31. The standard InChI is InChI=1S/C14H10Cl2N2O/c1-19-13-5-3-8(15)6-10(13)14-17-11-4-2-9(16)7-12(11)18-14/h2-7H,1H3,(H,17,18). The fourth-order valence-electron chi connectivity index (χ4n) is 1.97. The predicted octanol–water partition coefficient (Wildman–Crippen LogP) is 4.55. The Balaban J connectivity index is 2.21. The number of nitrogens with one attached hydrogen (secondary N) is 1. The maximum atomic E-state index is 6.03. The number of fused-ring (bicyclic) bond motifs is 1. The largest absolute Gasteiger partial charge is 0.496 e. The molecule has 0 bridgehead atoms. The number of hydrogen-bond acceptors (Lipinski definition) is 2. The first-order chi connectivity index (χ1) is 9.17. The molecule has 96 valence electrons. The molecular formula is C14H10Cl2N2O. The Morgan fingerprint density at radius 1 is 1.05 bits per heavy atom. The number of benzene rings is 2. The Hall–Kier alpha value is -1.71. The SMILES string of the molecule is COc1ccc(Cl)cc1-c1nc2ccc(Cl)cc2[nH]1. The van der Waals surface area contributed by atoms with Crippen LogP contribution in [0.2, 0.25) is 10.0 Å². The fourth-order valence-corrected chi connectivity index (χ4v) is 2.32. The molecule has 0 aliphatic rings. The lowest BCUT2D eigenvalue weighted by molar-refractivity contribution is 0.416. The number of nitrogens with zero attached hydrogens (tertiary/aromatic N) is 1. The normalized spacial score (nSPS) is 10.9. The number of methoxy groups -OCH3 is 1. The van der Waals surface area contributed by atoms with Crippen molar-refractivity contribution < 1.29 is 4.74 Å². The minimum atomic E-state index is 0.634. The molecule has 0 radical (unpaired) electrons. The Labute approximate surface area is 120 Å². The first-order valence-electron chi connectivity index (χ1n) is 5.66. The number of aromatic amines is 1. The van der Waals surface area contributed by atoms with Gasteiger partial charge in [0.25, 0.3) is 0 Å². The van der Waals surface area contributed by atoms with Crippen LogP contribution < -0.4 is 4.74 Å². The Kier molecular flexibility index (Phi) is 3.09. The maximum absolute atomic E-state index is 6.03.